The second-order valence-electron chi connectivity index (χ2n) is 5.57. The van der Waals surface area contributed by atoms with Crippen molar-refractivity contribution in [2.24, 2.45) is 4.99 Å². The number of aromatic nitrogens is 1. The predicted octanol–water partition coefficient (Wildman–Crippen LogP) is 4.15. The number of thiazole rings is 1. The number of halogens is 1. The van der Waals surface area contributed by atoms with Gasteiger partial charge in [0.2, 0.25) is 0 Å². The Bertz CT molecular complexity index is 1060. The number of non-ortho nitro benzene ring substituents is 1. The lowest BCUT2D eigenvalue weighted by Gasteiger charge is -2.05. The van der Waals surface area contributed by atoms with Crippen molar-refractivity contribution in [3.8, 4) is 0 Å². The van der Waals surface area contributed by atoms with Crippen molar-refractivity contribution in [3.63, 3.8) is 0 Å². The number of hydrogen-bond acceptors (Lipinski definition) is 5. The van der Waals surface area contributed by atoms with Gasteiger partial charge in [-0.05, 0) is 37.3 Å². The van der Waals surface area contributed by atoms with Crippen LogP contribution in [0.4, 0.5) is 5.69 Å². The molecular formula is C18H16BrN3O4S. The molecule has 0 N–H and O–H groups in total. The standard InChI is InChI=1S/C18H16BrN3O4S/c1-2-26-10-9-21-15-8-5-13(19)11-16(15)27-18(21)20-17(23)12-3-6-14(7-4-12)22(24)25/h3-8,11H,2,9-10H2,1H3. The Kier molecular flexibility index (Phi) is 6.15. The SMILES string of the molecule is CCOCCn1c(=NC(=O)c2ccc([N+](=O)[O-])cc2)sc2cc(Br)ccc21. The molecule has 0 atom stereocenters. The van der Waals surface area contributed by atoms with Crippen LogP contribution in [0.3, 0.4) is 0 Å². The van der Waals surface area contributed by atoms with Crippen molar-refractivity contribution in [1.29, 1.82) is 0 Å². The van der Waals surface area contributed by atoms with Gasteiger partial charge in [-0.25, -0.2) is 0 Å². The van der Waals surface area contributed by atoms with Crippen LogP contribution in [0.1, 0.15) is 17.3 Å². The lowest BCUT2D eigenvalue weighted by atomic mass is 10.2. The first kappa shape index (κ1) is 19.4. The largest absolute Gasteiger partial charge is 0.380 e. The van der Waals surface area contributed by atoms with Gasteiger partial charge in [-0.15, -0.1) is 0 Å². The summed E-state index contributed by atoms with van der Waals surface area (Å²) >= 11 is 4.87. The Hall–Kier alpha value is -2.36. The summed E-state index contributed by atoms with van der Waals surface area (Å²) < 4.78 is 9.34. The number of carbonyl (C=O) groups is 1. The summed E-state index contributed by atoms with van der Waals surface area (Å²) in [6.45, 7) is 3.62. The van der Waals surface area contributed by atoms with E-state index in [0.717, 1.165) is 14.7 Å². The summed E-state index contributed by atoms with van der Waals surface area (Å²) in [5.41, 5.74) is 1.21. The minimum Gasteiger partial charge on any atom is -0.380 e. The molecule has 0 radical (unpaired) electrons. The van der Waals surface area contributed by atoms with Crippen LogP contribution < -0.4 is 4.80 Å². The monoisotopic (exact) mass is 449 g/mol. The fourth-order valence-electron chi connectivity index (χ4n) is 2.53. The maximum Gasteiger partial charge on any atom is 0.279 e. The third-order valence-electron chi connectivity index (χ3n) is 3.83. The maximum atomic E-state index is 12.5. The molecule has 3 rings (SSSR count). The number of nitrogens with zero attached hydrogens (tertiary/aromatic N) is 3. The zero-order chi connectivity index (χ0) is 19.4. The molecule has 1 aromatic heterocycles. The maximum absolute atomic E-state index is 12.5. The minimum absolute atomic E-state index is 0.0648. The third-order valence-corrected chi connectivity index (χ3v) is 5.36. The van der Waals surface area contributed by atoms with E-state index < -0.39 is 10.8 Å². The summed E-state index contributed by atoms with van der Waals surface area (Å²) in [7, 11) is 0. The normalized spacial score (nSPS) is 11.9. The molecule has 7 nitrogen and oxygen atoms in total. The molecule has 1 amide bonds. The molecule has 140 valence electrons. The first-order valence-corrected chi connectivity index (χ1v) is 9.80. The summed E-state index contributed by atoms with van der Waals surface area (Å²) in [6.07, 6.45) is 0. The smallest absolute Gasteiger partial charge is 0.279 e. The number of carbonyl (C=O) groups excluding carboxylic acids is 1. The van der Waals surface area contributed by atoms with Gasteiger partial charge >= 0.3 is 0 Å². The molecule has 0 bridgehead atoms. The number of hydrogen-bond donors (Lipinski definition) is 0. The highest BCUT2D eigenvalue weighted by Crippen LogP contribution is 2.22. The van der Waals surface area contributed by atoms with E-state index in [4.69, 9.17) is 4.74 Å². The van der Waals surface area contributed by atoms with Gasteiger partial charge in [0, 0.05) is 35.3 Å². The van der Waals surface area contributed by atoms with Crippen LogP contribution in [0, 0.1) is 10.1 Å². The summed E-state index contributed by atoms with van der Waals surface area (Å²) in [6, 6.07) is 11.3. The summed E-state index contributed by atoms with van der Waals surface area (Å²) in [4.78, 5) is 27.6. The van der Waals surface area contributed by atoms with Gasteiger partial charge in [-0.2, -0.15) is 4.99 Å². The number of ether oxygens (including phenoxy) is 1. The summed E-state index contributed by atoms with van der Waals surface area (Å²) in [5, 5.41) is 10.7. The van der Waals surface area contributed by atoms with Gasteiger partial charge in [-0.1, -0.05) is 27.3 Å². The molecule has 0 spiro atoms. The Balaban J connectivity index is 2.01. The van der Waals surface area contributed by atoms with Crippen molar-refractivity contribution < 1.29 is 14.5 Å². The number of fused-ring (bicyclic) bond motifs is 1. The Labute approximate surface area is 167 Å². The molecule has 0 saturated heterocycles. The molecule has 2 aromatic carbocycles. The first-order chi connectivity index (χ1) is 13.0. The van der Waals surface area contributed by atoms with Crippen LogP contribution in [0.5, 0.6) is 0 Å². The van der Waals surface area contributed by atoms with E-state index in [1.165, 1.54) is 35.6 Å². The van der Waals surface area contributed by atoms with Crippen LogP contribution in [0.25, 0.3) is 10.2 Å². The van der Waals surface area contributed by atoms with E-state index in [2.05, 4.69) is 20.9 Å². The molecule has 0 aliphatic heterocycles. The highest BCUT2D eigenvalue weighted by Gasteiger charge is 2.11. The predicted molar refractivity (Wildman–Crippen MR) is 107 cm³/mol. The number of nitro benzene ring substituents is 1. The van der Waals surface area contributed by atoms with Gasteiger partial charge in [0.25, 0.3) is 11.6 Å². The van der Waals surface area contributed by atoms with E-state index >= 15 is 0 Å². The summed E-state index contributed by atoms with van der Waals surface area (Å²) in [5.74, 6) is -0.444. The van der Waals surface area contributed by atoms with E-state index in [1.54, 1.807) is 0 Å². The average Bonchev–Trinajstić information content (AvgIpc) is 2.98. The lowest BCUT2D eigenvalue weighted by Crippen LogP contribution is -2.19. The Morgan fingerprint density at radius 3 is 2.70 bits per heavy atom. The molecule has 27 heavy (non-hydrogen) atoms. The van der Waals surface area contributed by atoms with Crippen LogP contribution in [0.15, 0.2) is 51.9 Å². The molecule has 0 aliphatic carbocycles. The number of amides is 1. The number of nitro groups is 1. The number of benzene rings is 2. The van der Waals surface area contributed by atoms with Gasteiger partial charge < -0.3 is 9.30 Å². The molecule has 1 heterocycles. The zero-order valence-electron chi connectivity index (χ0n) is 14.4. The average molecular weight is 450 g/mol. The molecule has 0 aliphatic rings. The van der Waals surface area contributed by atoms with Crippen molar-refractivity contribution in [1.82, 2.24) is 4.57 Å². The van der Waals surface area contributed by atoms with Crippen LogP contribution in [-0.4, -0.2) is 28.6 Å². The van der Waals surface area contributed by atoms with Crippen molar-refractivity contribution >= 4 is 49.1 Å². The van der Waals surface area contributed by atoms with E-state index in [9.17, 15) is 14.9 Å². The van der Waals surface area contributed by atoms with Crippen molar-refractivity contribution in [3.05, 3.63) is 67.4 Å². The first-order valence-electron chi connectivity index (χ1n) is 8.19. The van der Waals surface area contributed by atoms with Crippen molar-refractivity contribution in [2.45, 2.75) is 13.5 Å². The van der Waals surface area contributed by atoms with Gasteiger partial charge in [0.1, 0.15) is 0 Å². The molecule has 3 aromatic rings. The highest BCUT2D eigenvalue weighted by molar-refractivity contribution is 9.10. The van der Waals surface area contributed by atoms with Crippen molar-refractivity contribution in [2.75, 3.05) is 13.2 Å². The second-order valence-corrected chi connectivity index (χ2v) is 7.49. The van der Waals surface area contributed by atoms with Crippen LogP contribution in [-0.2, 0) is 11.3 Å². The van der Waals surface area contributed by atoms with Gasteiger partial charge in [0.15, 0.2) is 4.80 Å². The van der Waals surface area contributed by atoms with E-state index in [-0.39, 0.29) is 5.69 Å². The van der Waals surface area contributed by atoms with E-state index in [1.807, 2.05) is 29.7 Å². The van der Waals surface area contributed by atoms with Gasteiger partial charge in [-0.3, -0.25) is 14.9 Å². The third kappa shape index (κ3) is 4.49. The van der Waals surface area contributed by atoms with Crippen LogP contribution in [0.2, 0.25) is 0 Å². The Morgan fingerprint density at radius 1 is 1.30 bits per heavy atom. The lowest BCUT2D eigenvalue weighted by molar-refractivity contribution is -0.384. The van der Waals surface area contributed by atoms with Gasteiger partial charge in [0.05, 0.1) is 21.7 Å². The Morgan fingerprint density at radius 2 is 2.04 bits per heavy atom. The topological polar surface area (TPSA) is 86.7 Å². The minimum atomic E-state index is -0.503. The molecule has 0 fully saturated rings. The zero-order valence-corrected chi connectivity index (χ0v) is 16.8. The molecule has 9 heteroatoms. The molecular weight excluding hydrogens is 434 g/mol. The quantitative estimate of drug-likeness (QED) is 0.321. The fourth-order valence-corrected chi connectivity index (χ4v) is 4.13. The van der Waals surface area contributed by atoms with Crippen LogP contribution >= 0.6 is 27.3 Å². The van der Waals surface area contributed by atoms with E-state index in [0.29, 0.717) is 30.1 Å². The fraction of sp³-hybridized carbons (Fsp3) is 0.222. The number of rotatable bonds is 6. The molecule has 0 unspecified atom stereocenters. The molecule has 0 saturated carbocycles. The second kappa shape index (κ2) is 8.55. The highest BCUT2D eigenvalue weighted by atomic mass is 79.9.